The van der Waals surface area contributed by atoms with Crippen LogP contribution >= 0.6 is 0 Å². The van der Waals surface area contributed by atoms with Gasteiger partial charge in [-0.25, -0.2) is 8.42 Å². The van der Waals surface area contributed by atoms with E-state index in [1.807, 2.05) is 51.1 Å². The number of para-hydroxylation sites is 2. The molecule has 0 aliphatic carbocycles. The molecule has 0 fully saturated rings. The Morgan fingerprint density at radius 3 is 2.10 bits per heavy atom. The second-order valence-corrected chi connectivity index (χ2v) is 11.7. The summed E-state index contributed by atoms with van der Waals surface area (Å²) in [7, 11) is -2.70. The van der Waals surface area contributed by atoms with E-state index < -0.39 is 28.5 Å². The molecule has 0 radical (unpaired) electrons. The molecule has 0 saturated carbocycles. The van der Waals surface area contributed by atoms with Crippen LogP contribution in [0.15, 0.2) is 89.8 Å². The van der Waals surface area contributed by atoms with Crippen molar-refractivity contribution in [1.29, 1.82) is 0 Å². The third-order valence-corrected chi connectivity index (χ3v) is 8.29. The van der Waals surface area contributed by atoms with Crippen molar-refractivity contribution in [2.45, 2.75) is 44.6 Å². The van der Waals surface area contributed by atoms with Crippen LogP contribution in [0.2, 0.25) is 0 Å². The number of hydrogen-bond acceptors (Lipinski definition) is 5. The number of amides is 2. The van der Waals surface area contributed by atoms with E-state index in [4.69, 9.17) is 4.74 Å². The first kappa shape index (κ1) is 30.7. The largest absolute Gasteiger partial charge is 0.495 e. The molecule has 0 aliphatic heterocycles. The van der Waals surface area contributed by atoms with Gasteiger partial charge >= 0.3 is 0 Å². The topological polar surface area (TPSA) is 96.0 Å². The maximum atomic E-state index is 14.1. The van der Waals surface area contributed by atoms with Gasteiger partial charge < -0.3 is 15.0 Å². The van der Waals surface area contributed by atoms with Crippen molar-refractivity contribution >= 4 is 27.5 Å². The number of rotatable bonds is 14. The molecule has 3 rings (SSSR count). The predicted octanol–water partition coefficient (Wildman–Crippen LogP) is 4.51. The van der Waals surface area contributed by atoms with Crippen LogP contribution in [-0.2, 0) is 26.0 Å². The van der Waals surface area contributed by atoms with Crippen LogP contribution in [0.25, 0.3) is 0 Å². The molecule has 0 aliphatic rings. The normalized spacial score (nSPS) is 12.0. The van der Waals surface area contributed by atoms with Gasteiger partial charge in [0.1, 0.15) is 18.3 Å². The van der Waals surface area contributed by atoms with Crippen molar-refractivity contribution in [3.8, 4) is 5.75 Å². The third kappa shape index (κ3) is 7.85. The minimum Gasteiger partial charge on any atom is -0.495 e. The lowest BCUT2D eigenvalue weighted by molar-refractivity contribution is -0.139. The number of nitrogens with one attached hydrogen (secondary N) is 1. The van der Waals surface area contributed by atoms with Gasteiger partial charge in [0.15, 0.2) is 0 Å². The molecular formula is C31H39N3O5S. The van der Waals surface area contributed by atoms with E-state index in [-0.39, 0.29) is 29.0 Å². The number of carbonyl (C=O) groups excluding carboxylic acids is 2. The summed E-state index contributed by atoms with van der Waals surface area (Å²) >= 11 is 0. The van der Waals surface area contributed by atoms with E-state index in [2.05, 4.69) is 5.32 Å². The van der Waals surface area contributed by atoms with E-state index in [0.29, 0.717) is 25.1 Å². The summed E-state index contributed by atoms with van der Waals surface area (Å²) in [6, 6.07) is 23.6. The molecule has 2 amide bonds. The van der Waals surface area contributed by atoms with Crippen molar-refractivity contribution in [3.63, 3.8) is 0 Å². The molecular weight excluding hydrogens is 526 g/mol. The molecule has 9 heteroatoms. The highest BCUT2D eigenvalue weighted by Gasteiger charge is 2.34. The van der Waals surface area contributed by atoms with Gasteiger partial charge in [-0.1, -0.05) is 81.4 Å². The average Bonchev–Trinajstić information content (AvgIpc) is 2.97. The van der Waals surface area contributed by atoms with Gasteiger partial charge in [-0.05, 0) is 48.6 Å². The number of ether oxygens (including phenoxy) is 1. The van der Waals surface area contributed by atoms with E-state index in [1.54, 1.807) is 42.5 Å². The number of hydrogen-bond donors (Lipinski definition) is 1. The second-order valence-electron chi connectivity index (χ2n) is 9.88. The van der Waals surface area contributed by atoms with Crippen LogP contribution in [0.3, 0.4) is 0 Å². The van der Waals surface area contributed by atoms with Gasteiger partial charge in [0.25, 0.3) is 10.0 Å². The molecule has 214 valence electrons. The SMILES string of the molecule is CC[C@@H](C(=O)NCC(C)C)N(CCc1ccccc1)C(=O)CN(c1ccccc1OC)S(=O)(=O)c1ccccc1. The molecule has 0 aromatic heterocycles. The van der Waals surface area contributed by atoms with Gasteiger partial charge in [0.05, 0.1) is 17.7 Å². The number of nitrogens with zero attached hydrogens (tertiary/aromatic N) is 2. The number of benzene rings is 3. The Kier molecular flexibility index (Phi) is 11.1. The lowest BCUT2D eigenvalue weighted by Crippen LogP contribution is -2.53. The highest BCUT2D eigenvalue weighted by atomic mass is 32.2. The Morgan fingerprint density at radius 2 is 1.50 bits per heavy atom. The Labute approximate surface area is 238 Å². The Balaban J connectivity index is 2.02. The van der Waals surface area contributed by atoms with Crippen molar-refractivity contribution in [3.05, 3.63) is 90.5 Å². The predicted molar refractivity (Wildman–Crippen MR) is 158 cm³/mol. The smallest absolute Gasteiger partial charge is 0.264 e. The molecule has 1 atom stereocenters. The van der Waals surface area contributed by atoms with Gasteiger partial charge in [0, 0.05) is 13.1 Å². The van der Waals surface area contributed by atoms with Crippen LogP contribution in [0, 0.1) is 5.92 Å². The maximum absolute atomic E-state index is 14.1. The van der Waals surface area contributed by atoms with Crippen LogP contribution in [-0.4, -0.2) is 57.9 Å². The summed E-state index contributed by atoms with van der Waals surface area (Å²) in [5.41, 5.74) is 1.25. The molecule has 8 nitrogen and oxygen atoms in total. The lowest BCUT2D eigenvalue weighted by Gasteiger charge is -2.33. The van der Waals surface area contributed by atoms with E-state index >= 15 is 0 Å². The first-order valence-corrected chi connectivity index (χ1v) is 14.9. The van der Waals surface area contributed by atoms with Gasteiger partial charge in [0.2, 0.25) is 11.8 Å². The summed E-state index contributed by atoms with van der Waals surface area (Å²) < 4.78 is 34.4. The molecule has 40 heavy (non-hydrogen) atoms. The number of carbonyl (C=O) groups is 2. The Hall–Kier alpha value is -3.85. The molecule has 3 aromatic rings. The summed E-state index contributed by atoms with van der Waals surface area (Å²) in [6.45, 7) is 6.08. The van der Waals surface area contributed by atoms with Crippen molar-refractivity contribution < 1.29 is 22.7 Å². The zero-order chi connectivity index (χ0) is 29.1. The van der Waals surface area contributed by atoms with E-state index in [1.165, 1.54) is 24.1 Å². The van der Waals surface area contributed by atoms with Gasteiger partial charge in [-0.2, -0.15) is 0 Å². The van der Waals surface area contributed by atoms with Crippen molar-refractivity contribution in [1.82, 2.24) is 10.2 Å². The summed E-state index contributed by atoms with van der Waals surface area (Å²) in [5, 5.41) is 2.94. The Bertz CT molecular complexity index is 1350. The lowest BCUT2D eigenvalue weighted by atomic mass is 10.1. The zero-order valence-electron chi connectivity index (χ0n) is 23.6. The van der Waals surface area contributed by atoms with Crippen molar-refractivity contribution in [2.75, 3.05) is 31.0 Å². The first-order chi connectivity index (χ1) is 19.2. The maximum Gasteiger partial charge on any atom is 0.264 e. The van der Waals surface area contributed by atoms with E-state index in [0.717, 1.165) is 9.87 Å². The minimum absolute atomic E-state index is 0.0475. The Morgan fingerprint density at radius 1 is 0.900 bits per heavy atom. The molecule has 0 saturated heterocycles. The highest BCUT2D eigenvalue weighted by molar-refractivity contribution is 7.92. The minimum atomic E-state index is -4.15. The average molecular weight is 566 g/mol. The molecule has 0 bridgehead atoms. The second kappa shape index (κ2) is 14.5. The summed E-state index contributed by atoms with van der Waals surface area (Å²) in [6.07, 6.45) is 0.894. The zero-order valence-corrected chi connectivity index (χ0v) is 24.4. The number of sulfonamides is 1. The van der Waals surface area contributed by atoms with Crippen LogP contribution in [0.1, 0.15) is 32.8 Å². The summed E-state index contributed by atoms with van der Waals surface area (Å²) in [5.74, 6) is -0.181. The summed E-state index contributed by atoms with van der Waals surface area (Å²) in [4.78, 5) is 28.9. The number of anilines is 1. The first-order valence-electron chi connectivity index (χ1n) is 13.5. The van der Waals surface area contributed by atoms with E-state index in [9.17, 15) is 18.0 Å². The number of methoxy groups -OCH3 is 1. The fraction of sp³-hybridized carbons (Fsp3) is 0.355. The molecule has 3 aromatic carbocycles. The quantitative estimate of drug-likeness (QED) is 0.310. The van der Waals surface area contributed by atoms with Crippen molar-refractivity contribution in [2.24, 2.45) is 5.92 Å². The highest BCUT2D eigenvalue weighted by Crippen LogP contribution is 2.32. The van der Waals surface area contributed by atoms with Gasteiger partial charge in [-0.3, -0.25) is 13.9 Å². The van der Waals surface area contributed by atoms with Crippen LogP contribution < -0.4 is 14.4 Å². The molecule has 0 heterocycles. The van der Waals surface area contributed by atoms with Gasteiger partial charge in [-0.15, -0.1) is 0 Å². The molecule has 1 N–H and O–H groups in total. The van der Waals surface area contributed by atoms with Crippen LogP contribution in [0.4, 0.5) is 5.69 Å². The molecule has 0 spiro atoms. The standard InChI is InChI=1S/C31H39N3O5S/c1-5-27(31(36)32-22-24(2)3)33(21-20-25-14-8-6-9-15-25)30(35)23-34(28-18-12-13-19-29(28)39-4)40(37,38)26-16-10-7-11-17-26/h6-19,24,27H,5,20-23H2,1-4H3,(H,32,36)/t27-/m0/s1. The fourth-order valence-corrected chi connectivity index (χ4v) is 5.83. The third-order valence-electron chi connectivity index (χ3n) is 6.52. The molecule has 0 unspecified atom stereocenters. The fourth-order valence-electron chi connectivity index (χ4n) is 4.39. The van der Waals surface area contributed by atoms with Crippen LogP contribution in [0.5, 0.6) is 5.75 Å². The monoisotopic (exact) mass is 565 g/mol.